The molecule has 2 amide bonds. The van der Waals surface area contributed by atoms with Crippen LogP contribution in [-0.2, 0) is 11.2 Å². The van der Waals surface area contributed by atoms with Crippen molar-refractivity contribution in [3.8, 4) is 0 Å². The third-order valence-electron chi connectivity index (χ3n) is 3.31. The van der Waals surface area contributed by atoms with Gasteiger partial charge < -0.3 is 15.7 Å². The molecule has 0 aliphatic carbocycles. The summed E-state index contributed by atoms with van der Waals surface area (Å²) >= 11 is 0. The third-order valence-corrected chi connectivity index (χ3v) is 3.31. The molecule has 0 aromatic heterocycles. The summed E-state index contributed by atoms with van der Waals surface area (Å²) in [5, 5.41) is 14.3. The maximum atomic E-state index is 11.8. The first kappa shape index (κ1) is 17.0. The van der Waals surface area contributed by atoms with E-state index in [1.165, 1.54) is 5.56 Å². The van der Waals surface area contributed by atoms with Crippen LogP contribution in [0.4, 0.5) is 4.79 Å². The Morgan fingerprint density at radius 2 is 1.71 bits per heavy atom. The fourth-order valence-electron chi connectivity index (χ4n) is 2.02. The number of benzene rings is 1. The predicted molar refractivity (Wildman–Crippen MR) is 82.2 cm³/mol. The van der Waals surface area contributed by atoms with Gasteiger partial charge in [0.2, 0.25) is 0 Å². The number of urea groups is 1. The lowest BCUT2D eigenvalue weighted by Gasteiger charge is -2.20. The van der Waals surface area contributed by atoms with Gasteiger partial charge in [0.1, 0.15) is 6.04 Å². The van der Waals surface area contributed by atoms with Crippen molar-refractivity contribution in [2.45, 2.75) is 45.7 Å². The average molecular weight is 292 g/mol. The van der Waals surface area contributed by atoms with E-state index in [-0.39, 0.29) is 12.0 Å². The van der Waals surface area contributed by atoms with E-state index in [0.717, 1.165) is 12.8 Å². The Bertz CT molecular complexity index is 460. The first-order valence-corrected chi connectivity index (χ1v) is 7.24. The molecule has 5 heteroatoms. The molecular formula is C16H24N2O3. The molecule has 0 radical (unpaired) electrons. The zero-order valence-corrected chi connectivity index (χ0v) is 12.8. The minimum Gasteiger partial charge on any atom is -0.480 e. The van der Waals surface area contributed by atoms with Crippen molar-refractivity contribution in [1.82, 2.24) is 10.6 Å². The van der Waals surface area contributed by atoms with Crippen molar-refractivity contribution in [1.29, 1.82) is 0 Å². The van der Waals surface area contributed by atoms with Crippen molar-refractivity contribution in [2.24, 2.45) is 5.92 Å². The van der Waals surface area contributed by atoms with Gasteiger partial charge in [-0.25, -0.2) is 9.59 Å². The van der Waals surface area contributed by atoms with Crippen LogP contribution in [0.5, 0.6) is 0 Å². The number of hydrogen-bond donors (Lipinski definition) is 3. The van der Waals surface area contributed by atoms with E-state index in [1.807, 2.05) is 37.3 Å². The molecule has 0 saturated heterocycles. The second kappa shape index (κ2) is 8.29. The molecule has 1 aromatic rings. The SMILES string of the molecule is CC(CCc1ccccc1)NC(=O)N[C@@H](C(=O)O)C(C)C. The van der Waals surface area contributed by atoms with Crippen LogP contribution in [0.25, 0.3) is 0 Å². The van der Waals surface area contributed by atoms with Crippen molar-refractivity contribution >= 4 is 12.0 Å². The molecule has 0 aliphatic heterocycles. The lowest BCUT2D eigenvalue weighted by atomic mass is 10.0. The van der Waals surface area contributed by atoms with Gasteiger partial charge in [-0.2, -0.15) is 0 Å². The maximum Gasteiger partial charge on any atom is 0.326 e. The Morgan fingerprint density at radius 3 is 2.24 bits per heavy atom. The van der Waals surface area contributed by atoms with Crippen LogP contribution < -0.4 is 10.6 Å². The van der Waals surface area contributed by atoms with Crippen LogP contribution in [0, 0.1) is 5.92 Å². The number of carbonyl (C=O) groups is 2. The summed E-state index contributed by atoms with van der Waals surface area (Å²) in [5.41, 5.74) is 1.22. The number of amides is 2. The Balaban J connectivity index is 2.38. The molecule has 21 heavy (non-hydrogen) atoms. The highest BCUT2D eigenvalue weighted by Crippen LogP contribution is 2.05. The van der Waals surface area contributed by atoms with Crippen molar-refractivity contribution < 1.29 is 14.7 Å². The summed E-state index contributed by atoms with van der Waals surface area (Å²) < 4.78 is 0. The number of rotatable bonds is 7. The number of hydrogen-bond acceptors (Lipinski definition) is 2. The summed E-state index contributed by atoms with van der Waals surface area (Å²) in [6.45, 7) is 5.43. The Kier molecular flexibility index (Phi) is 6.72. The molecule has 0 bridgehead atoms. The molecule has 0 fully saturated rings. The molecule has 0 heterocycles. The Hall–Kier alpha value is -2.04. The largest absolute Gasteiger partial charge is 0.480 e. The van der Waals surface area contributed by atoms with E-state index < -0.39 is 18.0 Å². The number of aliphatic carboxylic acids is 1. The van der Waals surface area contributed by atoms with Gasteiger partial charge in [-0.05, 0) is 31.2 Å². The van der Waals surface area contributed by atoms with Gasteiger partial charge in [-0.3, -0.25) is 0 Å². The molecule has 0 spiro atoms. The van der Waals surface area contributed by atoms with Crippen LogP contribution in [0.2, 0.25) is 0 Å². The highest BCUT2D eigenvalue weighted by molar-refractivity contribution is 5.82. The monoisotopic (exact) mass is 292 g/mol. The quantitative estimate of drug-likeness (QED) is 0.722. The number of carbonyl (C=O) groups excluding carboxylic acids is 1. The van der Waals surface area contributed by atoms with Crippen molar-refractivity contribution in [2.75, 3.05) is 0 Å². The van der Waals surface area contributed by atoms with E-state index in [4.69, 9.17) is 5.11 Å². The van der Waals surface area contributed by atoms with Crippen LogP contribution in [0.1, 0.15) is 32.8 Å². The number of aryl methyl sites for hydroxylation is 1. The summed E-state index contributed by atoms with van der Waals surface area (Å²) in [7, 11) is 0. The van der Waals surface area contributed by atoms with Gasteiger partial charge in [-0.15, -0.1) is 0 Å². The summed E-state index contributed by atoms with van der Waals surface area (Å²) in [6.07, 6.45) is 1.67. The highest BCUT2D eigenvalue weighted by atomic mass is 16.4. The Labute approximate surface area is 125 Å². The van der Waals surface area contributed by atoms with E-state index in [1.54, 1.807) is 13.8 Å². The molecule has 0 aliphatic rings. The second-order valence-electron chi connectivity index (χ2n) is 5.60. The molecule has 1 rings (SSSR count). The van der Waals surface area contributed by atoms with Gasteiger partial charge in [-0.1, -0.05) is 44.2 Å². The van der Waals surface area contributed by atoms with Crippen LogP contribution in [-0.4, -0.2) is 29.2 Å². The molecule has 1 unspecified atom stereocenters. The van der Waals surface area contributed by atoms with Crippen LogP contribution in [0.3, 0.4) is 0 Å². The molecule has 3 N–H and O–H groups in total. The third kappa shape index (κ3) is 6.29. The topological polar surface area (TPSA) is 78.4 Å². The molecular weight excluding hydrogens is 268 g/mol. The van der Waals surface area contributed by atoms with E-state index in [9.17, 15) is 9.59 Å². The smallest absolute Gasteiger partial charge is 0.326 e. The second-order valence-corrected chi connectivity index (χ2v) is 5.60. The van der Waals surface area contributed by atoms with E-state index >= 15 is 0 Å². The minimum atomic E-state index is -1.02. The Morgan fingerprint density at radius 1 is 1.10 bits per heavy atom. The number of nitrogens with one attached hydrogen (secondary N) is 2. The lowest BCUT2D eigenvalue weighted by molar-refractivity contribution is -0.140. The van der Waals surface area contributed by atoms with Crippen molar-refractivity contribution in [3.05, 3.63) is 35.9 Å². The maximum absolute atomic E-state index is 11.8. The zero-order valence-electron chi connectivity index (χ0n) is 12.8. The van der Waals surface area contributed by atoms with Crippen LogP contribution in [0.15, 0.2) is 30.3 Å². The van der Waals surface area contributed by atoms with Crippen LogP contribution >= 0.6 is 0 Å². The molecule has 0 saturated carbocycles. The zero-order chi connectivity index (χ0) is 15.8. The first-order valence-electron chi connectivity index (χ1n) is 7.24. The lowest BCUT2D eigenvalue weighted by Crippen LogP contribution is -2.50. The number of carboxylic acid groups (broad SMARTS) is 1. The standard InChI is InChI=1S/C16H24N2O3/c1-11(2)14(15(19)20)18-16(21)17-12(3)9-10-13-7-5-4-6-8-13/h4-8,11-12,14H,9-10H2,1-3H3,(H,19,20)(H2,17,18,21)/t12?,14-/m1/s1. The normalized spacial score (nSPS) is 13.5. The predicted octanol–water partition coefficient (Wildman–Crippen LogP) is 2.42. The fraction of sp³-hybridized carbons (Fsp3) is 0.500. The van der Waals surface area contributed by atoms with Gasteiger partial charge in [0.25, 0.3) is 0 Å². The summed E-state index contributed by atoms with van der Waals surface area (Å²) in [5.74, 6) is -1.18. The molecule has 2 atom stereocenters. The van der Waals surface area contributed by atoms with Gasteiger partial charge in [0.05, 0.1) is 0 Å². The molecule has 1 aromatic carbocycles. The first-order chi connectivity index (χ1) is 9.90. The summed E-state index contributed by atoms with van der Waals surface area (Å²) in [6, 6.07) is 8.71. The highest BCUT2D eigenvalue weighted by Gasteiger charge is 2.23. The van der Waals surface area contributed by atoms with Crippen molar-refractivity contribution in [3.63, 3.8) is 0 Å². The minimum absolute atomic E-state index is 0.0215. The average Bonchev–Trinajstić information content (AvgIpc) is 2.43. The fourth-order valence-corrected chi connectivity index (χ4v) is 2.02. The molecule has 116 valence electrons. The molecule has 5 nitrogen and oxygen atoms in total. The van der Waals surface area contributed by atoms with E-state index in [2.05, 4.69) is 10.6 Å². The van der Waals surface area contributed by atoms with Gasteiger partial charge in [0.15, 0.2) is 0 Å². The van der Waals surface area contributed by atoms with Gasteiger partial charge in [0, 0.05) is 6.04 Å². The number of carboxylic acids is 1. The summed E-state index contributed by atoms with van der Waals surface area (Å²) in [4.78, 5) is 22.8. The van der Waals surface area contributed by atoms with E-state index in [0.29, 0.717) is 0 Å². The van der Waals surface area contributed by atoms with Gasteiger partial charge >= 0.3 is 12.0 Å².